The molecule has 0 radical (unpaired) electrons. The largest absolute Gasteiger partial charge is 0.463 e. The topological polar surface area (TPSA) is 85.2 Å². The zero-order valence-electron chi connectivity index (χ0n) is 15.0. The molecule has 4 fully saturated rings. The Kier molecular flexibility index (Phi) is 5.87. The van der Waals surface area contributed by atoms with Crippen molar-refractivity contribution in [2.45, 2.75) is 55.6 Å². The highest BCUT2D eigenvalue weighted by Crippen LogP contribution is 2.65. The second-order valence-electron chi connectivity index (χ2n) is 8.60. The van der Waals surface area contributed by atoms with Gasteiger partial charge in [0.05, 0.1) is 18.6 Å². The summed E-state index contributed by atoms with van der Waals surface area (Å²) in [6.07, 6.45) is -8.46. The van der Waals surface area contributed by atoms with Crippen molar-refractivity contribution in [2.75, 3.05) is 13.2 Å². The minimum absolute atomic E-state index is 0.123. The number of aliphatic hydroxyl groups is 1. The maximum absolute atomic E-state index is 13.4. The van der Waals surface area contributed by atoms with Crippen molar-refractivity contribution in [1.29, 1.82) is 0 Å². The number of esters is 1. The Morgan fingerprint density at radius 2 is 1.52 bits per heavy atom. The average molecular weight is 454 g/mol. The van der Waals surface area contributed by atoms with Crippen LogP contribution in [0.2, 0.25) is 0 Å². The van der Waals surface area contributed by atoms with Gasteiger partial charge in [-0.05, 0) is 55.8 Å². The standard InChI is InChI=1S/C16H20F6O6S/c17-15(18,19)14(16(20,21)22,29-28-27-25)11(24)26-8-13-4-9-1-10(5-13)3-12(2-9,6-13)7-23/h9-10,23,25H,1-8H2. The van der Waals surface area contributed by atoms with E-state index < -0.39 is 52.5 Å². The van der Waals surface area contributed by atoms with Gasteiger partial charge in [-0.25, -0.2) is 10.1 Å². The molecule has 4 rings (SSSR count). The summed E-state index contributed by atoms with van der Waals surface area (Å²) >= 11 is -1.43. The monoisotopic (exact) mass is 454 g/mol. The van der Waals surface area contributed by atoms with E-state index >= 15 is 0 Å². The van der Waals surface area contributed by atoms with Gasteiger partial charge in [-0.2, -0.15) is 26.3 Å². The highest BCUT2D eigenvalue weighted by molar-refractivity contribution is 7.96. The van der Waals surface area contributed by atoms with E-state index in [-0.39, 0.29) is 18.4 Å². The van der Waals surface area contributed by atoms with Gasteiger partial charge in [-0.15, -0.1) is 4.33 Å². The van der Waals surface area contributed by atoms with Gasteiger partial charge in [0.15, 0.2) is 0 Å². The third kappa shape index (κ3) is 3.84. The van der Waals surface area contributed by atoms with Crippen LogP contribution in [0.5, 0.6) is 0 Å². The first-order chi connectivity index (χ1) is 13.3. The molecule has 0 aromatic rings. The van der Waals surface area contributed by atoms with Crippen molar-refractivity contribution in [3.63, 3.8) is 0 Å². The molecule has 0 heterocycles. The number of ether oxygens (including phenoxy) is 1. The predicted octanol–water partition coefficient (Wildman–Crippen LogP) is 4.04. The number of carbonyl (C=O) groups excluding carboxylic acids is 1. The molecular formula is C16H20F6O6S. The molecule has 0 aliphatic heterocycles. The van der Waals surface area contributed by atoms with Gasteiger partial charge in [0.1, 0.15) is 0 Å². The second kappa shape index (κ2) is 7.43. The molecule has 168 valence electrons. The van der Waals surface area contributed by atoms with Crippen molar-refractivity contribution in [3.05, 3.63) is 0 Å². The average Bonchev–Trinajstić information content (AvgIpc) is 2.57. The van der Waals surface area contributed by atoms with E-state index in [0.29, 0.717) is 19.3 Å². The first-order valence-electron chi connectivity index (χ1n) is 8.89. The summed E-state index contributed by atoms with van der Waals surface area (Å²) in [5, 5.41) is 20.7. The number of aliphatic hydroxyl groups excluding tert-OH is 1. The van der Waals surface area contributed by atoms with Crippen molar-refractivity contribution >= 4 is 18.0 Å². The van der Waals surface area contributed by atoms with E-state index in [1.807, 2.05) is 0 Å². The molecule has 0 aromatic heterocycles. The lowest BCUT2D eigenvalue weighted by atomic mass is 9.44. The molecule has 4 saturated carbocycles. The lowest BCUT2D eigenvalue weighted by molar-refractivity contribution is -0.434. The molecule has 6 nitrogen and oxygen atoms in total. The Bertz CT molecular complexity index is 610. The number of halogens is 6. The van der Waals surface area contributed by atoms with Crippen molar-refractivity contribution in [2.24, 2.45) is 22.7 Å². The van der Waals surface area contributed by atoms with Crippen LogP contribution in [0.4, 0.5) is 26.3 Å². The molecular weight excluding hydrogens is 434 g/mol. The summed E-state index contributed by atoms with van der Waals surface area (Å²) in [4.78, 5) is 12.2. The van der Waals surface area contributed by atoms with Crippen LogP contribution >= 0.6 is 12.0 Å². The van der Waals surface area contributed by atoms with Crippen molar-refractivity contribution in [1.82, 2.24) is 0 Å². The lowest BCUT2D eigenvalue weighted by Gasteiger charge is -2.61. The van der Waals surface area contributed by atoms with Crippen LogP contribution in [-0.2, 0) is 18.9 Å². The van der Waals surface area contributed by atoms with Crippen molar-refractivity contribution in [3.8, 4) is 0 Å². The SMILES string of the molecule is O=C(OCC12CC3CC(CC(CO)(C3)C1)C2)C(SOOO)(C(F)(F)F)C(F)(F)F. The van der Waals surface area contributed by atoms with Gasteiger partial charge in [0, 0.05) is 12.0 Å². The first kappa shape index (κ1) is 22.9. The molecule has 4 aliphatic rings. The quantitative estimate of drug-likeness (QED) is 0.197. The minimum Gasteiger partial charge on any atom is -0.463 e. The molecule has 0 aromatic carbocycles. The fourth-order valence-corrected chi connectivity index (χ4v) is 6.36. The molecule has 29 heavy (non-hydrogen) atoms. The first-order valence-corrected chi connectivity index (χ1v) is 9.64. The molecule has 0 saturated heterocycles. The molecule has 4 bridgehead atoms. The fourth-order valence-electron chi connectivity index (χ4n) is 5.91. The normalized spacial score (nSPS) is 34.5. The zero-order valence-corrected chi connectivity index (χ0v) is 15.8. The van der Waals surface area contributed by atoms with E-state index in [9.17, 15) is 36.2 Å². The van der Waals surface area contributed by atoms with Crippen LogP contribution in [0.15, 0.2) is 0 Å². The highest BCUT2D eigenvalue weighted by atomic mass is 32.2. The summed E-state index contributed by atoms with van der Waals surface area (Å²) in [7, 11) is 0. The number of alkyl halides is 6. The van der Waals surface area contributed by atoms with Gasteiger partial charge >= 0.3 is 23.1 Å². The maximum atomic E-state index is 13.4. The Hall–Kier alpha value is -0.760. The Morgan fingerprint density at radius 1 is 1.00 bits per heavy atom. The summed E-state index contributed by atoms with van der Waals surface area (Å²) in [6, 6.07) is 0. The molecule has 0 amide bonds. The van der Waals surface area contributed by atoms with Crippen LogP contribution in [0.1, 0.15) is 38.5 Å². The van der Waals surface area contributed by atoms with Gasteiger partial charge in [-0.3, -0.25) is 0 Å². The number of hydrogen-bond donors (Lipinski definition) is 2. The Balaban J connectivity index is 1.82. The van der Waals surface area contributed by atoms with Crippen LogP contribution < -0.4 is 0 Å². The molecule has 4 aliphatic carbocycles. The molecule has 13 heteroatoms. The highest BCUT2D eigenvalue weighted by Gasteiger charge is 2.79. The van der Waals surface area contributed by atoms with Gasteiger partial charge in [0.25, 0.3) is 0 Å². The summed E-state index contributed by atoms with van der Waals surface area (Å²) < 4.78 is 83.1. The third-order valence-electron chi connectivity index (χ3n) is 6.42. The number of carbonyl (C=O) groups is 1. The molecule has 2 atom stereocenters. The maximum Gasteiger partial charge on any atom is 0.425 e. The fraction of sp³-hybridized carbons (Fsp3) is 0.938. The second-order valence-corrected chi connectivity index (χ2v) is 9.51. The summed E-state index contributed by atoms with van der Waals surface area (Å²) in [5.74, 6) is -2.21. The van der Waals surface area contributed by atoms with Gasteiger partial charge in [-0.1, -0.05) is 5.04 Å². The van der Waals surface area contributed by atoms with E-state index in [0.717, 1.165) is 19.3 Å². The van der Waals surface area contributed by atoms with E-state index in [2.05, 4.69) is 14.1 Å². The lowest BCUT2D eigenvalue weighted by Crippen LogP contribution is -2.61. The van der Waals surface area contributed by atoms with Gasteiger partial charge in [0.2, 0.25) is 0 Å². The Morgan fingerprint density at radius 3 is 1.97 bits per heavy atom. The van der Waals surface area contributed by atoms with Crippen LogP contribution in [0.25, 0.3) is 0 Å². The van der Waals surface area contributed by atoms with Crippen LogP contribution in [0.3, 0.4) is 0 Å². The van der Waals surface area contributed by atoms with Gasteiger partial charge < -0.3 is 9.84 Å². The van der Waals surface area contributed by atoms with Crippen LogP contribution in [0, 0.1) is 22.7 Å². The van der Waals surface area contributed by atoms with E-state index in [4.69, 9.17) is 5.26 Å². The predicted molar refractivity (Wildman–Crippen MR) is 84.8 cm³/mol. The number of rotatable bonds is 7. The van der Waals surface area contributed by atoms with E-state index in [1.54, 1.807) is 0 Å². The van der Waals surface area contributed by atoms with Crippen molar-refractivity contribution < 1.29 is 55.6 Å². The third-order valence-corrected chi connectivity index (χ3v) is 7.43. The zero-order chi connectivity index (χ0) is 21.7. The van der Waals surface area contributed by atoms with E-state index in [1.165, 1.54) is 0 Å². The van der Waals surface area contributed by atoms with Crippen LogP contribution in [-0.4, -0.2) is 46.6 Å². The molecule has 2 unspecified atom stereocenters. The Labute approximate surface area is 165 Å². The minimum atomic E-state index is -6.14. The summed E-state index contributed by atoms with van der Waals surface area (Å²) in [5.41, 5.74) is -1.19. The smallest absolute Gasteiger partial charge is 0.425 e. The number of hydrogen-bond acceptors (Lipinski definition) is 7. The molecule has 2 N–H and O–H groups in total. The summed E-state index contributed by atoms with van der Waals surface area (Å²) in [6.45, 7) is -0.739. The molecule has 0 spiro atoms.